The van der Waals surface area contributed by atoms with Gasteiger partial charge in [0.1, 0.15) is 5.82 Å². The molecule has 0 saturated carbocycles. The number of hydrogen-bond acceptors (Lipinski definition) is 4. The van der Waals surface area contributed by atoms with Crippen molar-refractivity contribution in [3.8, 4) is 0 Å². The molecule has 0 fully saturated rings. The van der Waals surface area contributed by atoms with Crippen molar-refractivity contribution < 1.29 is 0 Å². The van der Waals surface area contributed by atoms with Gasteiger partial charge in [0.25, 0.3) is 0 Å². The third kappa shape index (κ3) is 4.61. The fourth-order valence-electron chi connectivity index (χ4n) is 2.08. The number of nitrogens with zero attached hydrogens (tertiary/aromatic N) is 3. The zero-order valence-corrected chi connectivity index (χ0v) is 12.1. The monoisotopic (exact) mass is 250 g/mol. The number of hydrogen-bond donors (Lipinski definition) is 1. The summed E-state index contributed by atoms with van der Waals surface area (Å²) in [5.74, 6) is 0.866. The van der Waals surface area contributed by atoms with Crippen molar-refractivity contribution in [1.82, 2.24) is 14.9 Å². The lowest BCUT2D eigenvalue weighted by molar-refractivity contribution is 0.219. The number of rotatable bonds is 8. The molecule has 0 unspecified atom stereocenters. The van der Waals surface area contributed by atoms with E-state index in [1.165, 1.54) is 12.8 Å². The van der Waals surface area contributed by atoms with E-state index in [4.69, 9.17) is 0 Å². The topological polar surface area (TPSA) is 41.1 Å². The van der Waals surface area contributed by atoms with Crippen LogP contribution in [0.4, 0.5) is 5.82 Å². The highest BCUT2D eigenvalue weighted by atomic mass is 15.1. The van der Waals surface area contributed by atoms with Gasteiger partial charge < -0.3 is 5.32 Å². The highest BCUT2D eigenvalue weighted by Crippen LogP contribution is 2.10. The second-order valence-electron chi connectivity index (χ2n) is 4.71. The minimum Gasteiger partial charge on any atom is -0.369 e. The van der Waals surface area contributed by atoms with Crippen molar-refractivity contribution in [1.29, 1.82) is 0 Å². The molecule has 0 aromatic carbocycles. The molecule has 0 bridgehead atoms. The van der Waals surface area contributed by atoms with E-state index in [9.17, 15) is 0 Å². The first-order valence-corrected chi connectivity index (χ1v) is 6.96. The number of nitrogens with one attached hydrogen (secondary N) is 1. The van der Waals surface area contributed by atoms with E-state index in [0.717, 1.165) is 31.0 Å². The van der Waals surface area contributed by atoms with Crippen LogP contribution in [0.2, 0.25) is 0 Å². The second kappa shape index (κ2) is 8.03. The summed E-state index contributed by atoms with van der Waals surface area (Å²) in [5.41, 5.74) is 1.03. The van der Waals surface area contributed by atoms with Gasteiger partial charge >= 0.3 is 0 Å². The number of aromatic nitrogens is 2. The normalized spacial score (nSPS) is 11.2. The van der Waals surface area contributed by atoms with Crippen LogP contribution in [0.1, 0.15) is 45.7 Å². The van der Waals surface area contributed by atoms with Gasteiger partial charge in [-0.25, -0.2) is 4.98 Å². The summed E-state index contributed by atoms with van der Waals surface area (Å²) in [5, 5.41) is 3.23. The van der Waals surface area contributed by atoms with Gasteiger partial charge in [-0.3, -0.25) is 9.88 Å². The number of anilines is 1. The molecule has 0 spiro atoms. The molecule has 1 aromatic heterocycles. The van der Waals surface area contributed by atoms with Crippen LogP contribution in [0.3, 0.4) is 0 Å². The van der Waals surface area contributed by atoms with Gasteiger partial charge in [0.2, 0.25) is 0 Å². The highest BCUT2D eigenvalue weighted by Gasteiger charge is 2.11. The first-order valence-electron chi connectivity index (χ1n) is 6.96. The third-order valence-electron chi connectivity index (χ3n) is 3.24. The third-order valence-corrected chi connectivity index (χ3v) is 3.24. The Kier molecular flexibility index (Phi) is 6.65. The maximum absolute atomic E-state index is 4.46. The molecule has 4 nitrogen and oxygen atoms in total. The van der Waals surface area contributed by atoms with Crippen molar-refractivity contribution >= 4 is 5.82 Å². The quantitative estimate of drug-likeness (QED) is 0.770. The average molecular weight is 250 g/mol. The molecule has 0 amide bonds. The maximum Gasteiger partial charge on any atom is 0.144 e. The van der Waals surface area contributed by atoms with Gasteiger partial charge in [0, 0.05) is 19.1 Å². The van der Waals surface area contributed by atoms with Crippen LogP contribution in [-0.4, -0.2) is 34.5 Å². The van der Waals surface area contributed by atoms with Crippen LogP contribution in [0.25, 0.3) is 0 Å². The summed E-state index contributed by atoms with van der Waals surface area (Å²) in [7, 11) is 2.16. The summed E-state index contributed by atoms with van der Waals surface area (Å²) < 4.78 is 0. The zero-order valence-electron chi connectivity index (χ0n) is 12.1. The van der Waals surface area contributed by atoms with Crippen molar-refractivity contribution in [2.45, 2.75) is 52.6 Å². The van der Waals surface area contributed by atoms with E-state index in [1.54, 1.807) is 0 Å². The van der Waals surface area contributed by atoms with Crippen molar-refractivity contribution in [2.24, 2.45) is 0 Å². The minimum atomic E-state index is 0.629. The molecule has 18 heavy (non-hydrogen) atoms. The molecule has 0 radical (unpaired) electrons. The SMILES string of the molecule is CCCNc1cnc(CN(C)C(CC)CC)cn1. The van der Waals surface area contributed by atoms with Gasteiger partial charge in [-0.1, -0.05) is 20.8 Å². The van der Waals surface area contributed by atoms with Crippen LogP contribution in [0, 0.1) is 0 Å². The highest BCUT2D eigenvalue weighted by molar-refractivity contribution is 5.30. The average Bonchev–Trinajstić information content (AvgIpc) is 2.39. The van der Waals surface area contributed by atoms with Gasteiger partial charge in [0.15, 0.2) is 0 Å². The Hall–Kier alpha value is -1.16. The van der Waals surface area contributed by atoms with Gasteiger partial charge in [0.05, 0.1) is 18.1 Å². The Bertz CT molecular complexity index is 319. The first-order chi connectivity index (χ1) is 8.71. The van der Waals surface area contributed by atoms with Crippen molar-refractivity contribution in [2.75, 3.05) is 18.9 Å². The lowest BCUT2D eigenvalue weighted by Gasteiger charge is -2.25. The molecule has 1 aromatic rings. The summed E-state index contributed by atoms with van der Waals surface area (Å²) in [6.45, 7) is 8.41. The van der Waals surface area contributed by atoms with Crippen LogP contribution in [0.15, 0.2) is 12.4 Å². The zero-order chi connectivity index (χ0) is 13.4. The fourth-order valence-corrected chi connectivity index (χ4v) is 2.08. The van der Waals surface area contributed by atoms with Crippen LogP contribution in [-0.2, 0) is 6.54 Å². The fraction of sp³-hybridized carbons (Fsp3) is 0.714. The Morgan fingerprint density at radius 3 is 2.39 bits per heavy atom. The lowest BCUT2D eigenvalue weighted by atomic mass is 10.1. The van der Waals surface area contributed by atoms with E-state index >= 15 is 0 Å². The van der Waals surface area contributed by atoms with E-state index < -0.39 is 0 Å². The maximum atomic E-state index is 4.46. The lowest BCUT2D eigenvalue weighted by Crippen LogP contribution is -2.30. The largest absolute Gasteiger partial charge is 0.369 e. The van der Waals surface area contributed by atoms with Crippen LogP contribution >= 0.6 is 0 Å². The first kappa shape index (κ1) is 14.9. The minimum absolute atomic E-state index is 0.629. The van der Waals surface area contributed by atoms with E-state index in [1.807, 2.05) is 12.4 Å². The summed E-state index contributed by atoms with van der Waals surface area (Å²) in [6, 6.07) is 0.629. The summed E-state index contributed by atoms with van der Waals surface area (Å²) >= 11 is 0. The Balaban J connectivity index is 2.52. The summed E-state index contributed by atoms with van der Waals surface area (Å²) in [6.07, 6.45) is 7.15. The molecule has 1 N–H and O–H groups in total. The predicted octanol–water partition coefficient (Wildman–Crippen LogP) is 2.92. The molecule has 1 rings (SSSR count). The second-order valence-corrected chi connectivity index (χ2v) is 4.71. The predicted molar refractivity (Wildman–Crippen MR) is 76.6 cm³/mol. The molecule has 0 saturated heterocycles. The Morgan fingerprint density at radius 1 is 1.17 bits per heavy atom. The van der Waals surface area contributed by atoms with Crippen LogP contribution < -0.4 is 5.32 Å². The summed E-state index contributed by atoms with van der Waals surface area (Å²) in [4.78, 5) is 11.2. The molecule has 102 valence electrons. The van der Waals surface area contributed by atoms with Gasteiger partial charge in [-0.15, -0.1) is 0 Å². The van der Waals surface area contributed by atoms with E-state index in [-0.39, 0.29) is 0 Å². The van der Waals surface area contributed by atoms with Crippen molar-refractivity contribution in [3.05, 3.63) is 18.1 Å². The Morgan fingerprint density at radius 2 is 1.89 bits per heavy atom. The standard InChI is InChI=1S/C14H26N4/c1-5-8-15-14-10-16-12(9-17-14)11-18(4)13(6-2)7-3/h9-10,13H,5-8,11H2,1-4H3,(H,15,17). The van der Waals surface area contributed by atoms with Crippen molar-refractivity contribution in [3.63, 3.8) is 0 Å². The van der Waals surface area contributed by atoms with Gasteiger partial charge in [-0.05, 0) is 26.3 Å². The molecule has 4 heteroatoms. The van der Waals surface area contributed by atoms with E-state index in [0.29, 0.717) is 6.04 Å². The van der Waals surface area contributed by atoms with Gasteiger partial charge in [-0.2, -0.15) is 0 Å². The molecule has 0 aliphatic carbocycles. The van der Waals surface area contributed by atoms with Crippen LogP contribution in [0.5, 0.6) is 0 Å². The molecule has 1 heterocycles. The van der Waals surface area contributed by atoms with E-state index in [2.05, 4.69) is 48.0 Å². The Labute approximate surface area is 111 Å². The molecular weight excluding hydrogens is 224 g/mol. The molecule has 0 aliphatic rings. The molecule has 0 atom stereocenters. The molecular formula is C14H26N4. The smallest absolute Gasteiger partial charge is 0.144 e. The molecule has 0 aliphatic heterocycles.